The van der Waals surface area contributed by atoms with Gasteiger partial charge in [-0.25, -0.2) is 14.2 Å². The van der Waals surface area contributed by atoms with Crippen LogP contribution in [0.25, 0.3) is 6.08 Å². The Morgan fingerprint density at radius 3 is 2.46 bits per heavy atom. The fourth-order valence-electron chi connectivity index (χ4n) is 2.89. The first-order valence-corrected chi connectivity index (χ1v) is 8.47. The van der Waals surface area contributed by atoms with Crippen LogP contribution >= 0.6 is 0 Å². The van der Waals surface area contributed by atoms with E-state index >= 15 is 0 Å². The summed E-state index contributed by atoms with van der Waals surface area (Å²) in [5.74, 6) is -2.64. The standard InChI is InChI=1S/C21H16FN3O3/c1-13-19(20(26)25(24-13)18-8-6-17(22)7-9-18)11-16(21(27)28)10-14-2-4-15(12-23)5-3-14/h2-10,19H,11H2,1H3,(H,27,28). The number of amides is 1. The Balaban J connectivity index is 1.83. The molecular formula is C21H16FN3O3. The number of nitriles is 1. The van der Waals surface area contributed by atoms with Crippen LogP contribution in [0.1, 0.15) is 24.5 Å². The van der Waals surface area contributed by atoms with Crippen molar-refractivity contribution in [2.45, 2.75) is 13.3 Å². The molecule has 0 aliphatic carbocycles. The molecule has 1 N–H and O–H groups in total. The SMILES string of the molecule is CC1=NN(c2ccc(F)cc2)C(=O)C1CC(=Cc1ccc(C#N)cc1)C(=O)O. The largest absolute Gasteiger partial charge is 0.478 e. The predicted octanol–water partition coefficient (Wildman–Crippen LogP) is 3.59. The molecule has 0 saturated heterocycles. The average molecular weight is 377 g/mol. The number of carboxylic acids is 1. The first kappa shape index (κ1) is 19.0. The summed E-state index contributed by atoms with van der Waals surface area (Å²) in [5, 5.41) is 23.8. The minimum absolute atomic E-state index is 0.0266. The predicted molar refractivity (Wildman–Crippen MR) is 102 cm³/mol. The van der Waals surface area contributed by atoms with Crippen molar-refractivity contribution in [2.24, 2.45) is 11.0 Å². The molecule has 0 saturated carbocycles. The van der Waals surface area contributed by atoms with Crippen LogP contribution in [0, 0.1) is 23.1 Å². The van der Waals surface area contributed by atoms with Gasteiger partial charge in [0.25, 0.3) is 5.91 Å². The van der Waals surface area contributed by atoms with Gasteiger partial charge in [-0.05, 0) is 61.4 Å². The molecule has 1 atom stereocenters. The van der Waals surface area contributed by atoms with E-state index in [0.717, 1.165) is 0 Å². The van der Waals surface area contributed by atoms with E-state index in [9.17, 15) is 19.1 Å². The second-order valence-electron chi connectivity index (χ2n) is 6.33. The molecule has 3 rings (SSSR count). The van der Waals surface area contributed by atoms with E-state index in [4.69, 9.17) is 5.26 Å². The fourth-order valence-corrected chi connectivity index (χ4v) is 2.89. The molecule has 7 heteroatoms. The van der Waals surface area contributed by atoms with Crippen LogP contribution in [-0.4, -0.2) is 22.7 Å². The number of aliphatic carboxylic acids is 1. The highest BCUT2D eigenvalue weighted by atomic mass is 19.1. The molecule has 1 aliphatic rings. The van der Waals surface area contributed by atoms with Crippen molar-refractivity contribution in [3.8, 4) is 6.07 Å². The lowest BCUT2D eigenvalue weighted by Crippen LogP contribution is -2.28. The van der Waals surface area contributed by atoms with Crippen LogP contribution in [0.5, 0.6) is 0 Å². The Hall–Kier alpha value is -3.79. The van der Waals surface area contributed by atoms with E-state index < -0.39 is 17.7 Å². The molecule has 0 spiro atoms. The van der Waals surface area contributed by atoms with Gasteiger partial charge in [0.15, 0.2) is 0 Å². The quantitative estimate of drug-likeness (QED) is 0.806. The number of halogens is 1. The number of nitrogens with zero attached hydrogens (tertiary/aromatic N) is 3. The van der Waals surface area contributed by atoms with Gasteiger partial charge >= 0.3 is 5.97 Å². The molecule has 1 unspecified atom stereocenters. The smallest absolute Gasteiger partial charge is 0.331 e. The van der Waals surface area contributed by atoms with Crippen molar-refractivity contribution in [1.82, 2.24) is 0 Å². The number of hydrazone groups is 1. The van der Waals surface area contributed by atoms with E-state index in [1.807, 2.05) is 6.07 Å². The Morgan fingerprint density at radius 1 is 1.25 bits per heavy atom. The maximum Gasteiger partial charge on any atom is 0.331 e. The zero-order valence-electron chi connectivity index (χ0n) is 15.0. The number of hydrogen-bond donors (Lipinski definition) is 1. The van der Waals surface area contributed by atoms with Crippen LogP contribution in [0.3, 0.4) is 0 Å². The zero-order valence-corrected chi connectivity index (χ0v) is 15.0. The average Bonchev–Trinajstić information content (AvgIpc) is 2.96. The molecule has 140 valence electrons. The lowest BCUT2D eigenvalue weighted by molar-refractivity contribution is -0.132. The Bertz CT molecular complexity index is 1020. The molecule has 28 heavy (non-hydrogen) atoms. The Kier molecular flexibility index (Phi) is 5.32. The zero-order chi connectivity index (χ0) is 20.3. The number of rotatable bonds is 5. The van der Waals surface area contributed by atoms with Gasteiger partial charge in [0, 0.05) is 11.3 Å². The van der Waals surface area contributed by atoms with E-state index in [1.54, 1.807) is 31.2 Å². The highest BCUT2D eigenvalue weighted by Crippen LogP contribution is 2.28. The maximum absolute atomic E-state index is 13.1. The van der Waals surface area contributed by atoms with Crippen LogP contribution in [0.2, 0.25) is 0 Å². The minimum Gasteiger partial charge on any atom is -0.478 e. The highest BCUT2D eigenvalue weighted by Gasteiger charge is 2.35. The topological polar surface area (TPSA) is 93.8 Å². The number of carboxylic acid groups (broad SMARTS) is 1. The summed E-state index contributed by atoms with van der Waals surface area (Å²) in [4.78, 5) is 24.4. The van der Waals surface area contributed by atoms with Crippen LogP contribution < -0.4 is 5.01 Å². The summed E-state index contributed by atoms with van der Waals surface area (Å²) in [6.45, 7) is 1.66. The number of carbonyl (C=O) groups excluding carboxylic acids is 1. The van der Waals surface area contributed by atoms with E-state index in [0.29, 0.717) is 22.5 Å². The maximum atomic E-state index is 13.1. The van der Waals surface area contributed by atoms with Crippen molar-refractivity contribution < 1.29 is 19.1 Å². The van der Waals surface area contributed by atoms with Crippen molar-refractivity contribution in [3.05, 3.63) is 71.0 Å². The van der Waals surface area contributed by atoms with Crippen LogP contribution in [-0.2, 0) is 9.59 Å². The molecule has 2 aromatic rings. The van der Waals surface area contributed by atoms with Crippen molar-refractivity contribution in [1.29, 1.82) is 5.26 Å². The van der Waals surface area contributed by atoms with Gasteiger partial charge in [-0.2, -0.15) is 10.4 Å². The van der Waals surface area contributed by atoms with Gasteiger partial charge in [0.1, 0.15) is 5.82 Å². The number of hydrogen-bond acceptors (Lipinski definition) is 4. The van der Waals surface area contributed by atoms with Gasteiger partial charge in [-0.15, -0.1) is 0 Å². The number of benzene rings is 2. The highest BCUT2D eigenvalue weighted by molar-refractivity contribution is 6.15. The summed E-state index contributed by atoms with van der Waals surface area (Å²) in [5.41, 5.74) is 2.05. The summed E-state index contributed by atoms with van der Waals surface area (Å²) in [6, 6.07) is 13.8. The van der Waals surface area contributed by atoms with Crippen molar-refractivity contribution in [3.63, 3.8) is 0 Å². The Morgan fingerprint density at radius 2 is 1.89 bits per heavy atom. The molecule has 0 bridgehead atoms. The van der Waals surface area contributed by atoms with Crippen LogP contribution in [0.15, 0.2) is 59.2 Å². The third kappa shape index (κ3) is 3.96. The molecule has 2 aromatic carbocycles. The van der Waals surface area contributed by atoms with Crippen LogP contribution in [0.4, 0.5) is 10.1 Å². The molecule has 1 aliphatic heterocycles. The molecular weight excluding hydrogens is 361 g/mol. The normalized spacial score (nSPS) is 16.7. The number of carbonyl (C=O) groups is 2. The molecule has 0 aromatic heterocycles. The fraction of sp³-hybridized carbons (Fsp3) is 0.143. The molecule has 0 fully saturated rings. The number of anilines is 1. The third-order valence-electron chi connectivity index (χ3n) is 4.42. The lowest BCUT2D eigenvalue weighted by Gasteiger charge is -2.14. The van der Waals surface area contributed by atoms with Gasteiger partial charge in [0.05, 0.1) is 23.2 Å². The van der Waals surface area contributed by atoms with Gasteiger partial charge < -0.3 is 5.11 Å². The van der Waals surface area contributed by atoms with E-state index in [2.05, 4.69) is 5.10 Å². The lowest BCUT2D eigenvalue weighted by atomic mass is 9.93. The van der Waals surface area contributed by atoms with E-state index in [1.165, 1.54) is 35.4 Å². The first-order valence-electron chi connectivity index (χ1n) is 8.47. The second-order valence-corrected chi connectivity index (χ2v) is 6.33. The van der Waals surface area contributed by atoms with Gasteiger partial charge in [-0.1, -0.05) is 12.1 Å². The van der Waals surface area contributed by atoms with E-state index in [-0.39, 0.29) is 17.9 Å². The third-order valence-corrected chi connectivity index (χ3v) is 4.42. The first-order chi connectivity index (χ1) is 13.4. The minimum atomic E-state index is -1.13. The summed E-state index contributed by atoms with van der Waals surface area (Å²) in [6.07, 6.45) is 1.45. The molecule has 6 nitrogen and oxygen atoms in total. The molecule has 1 heterocycles. The monoisotopic (exact) mass is 377 g/mol. The second kappa shape index (κ2) is 7.84. The van der Waals surface area contributed by atoms with Crippen molar-refractivity contribution in [2.75, 3.05) is 5.01 Å². The molecule has 1 amide bonds. The summed E-state index contributed by atoms with van der Waals surface area (Å²) < 4.78 is 13.1. The Labute approximate surface area is 160 Å². The summed E-state index contributed by atoms with van der Waals surface area (Å²) >= 11 is 0. The van der Waals surface area contributed by atoms with Gasteiger partial charge in [-0.3, -0.25) is 4.79 Å². The van der Waals surface area contributed by atoms with Crippen molar-refractivity contribution >= 4 is 29.4 Å². The van der Waals surface area contributed by atoms with Gasteiger partial charge in [0.2, 0.25) is 0 Å². The molecule has 0 radical (unpaired) electrons. The summed E-state index contributed by atoms with van der Waals surface area (Å²) in [7, 11) is 0.